The zero-order chi connectivity index (χ0) is 22.3. The van der Waals surface area contributed by atoms with Gasteiger partial charge in [-0.3, -0.25) is 19.8 Å². The number of allylic oxidation sites excluding steroid dienone is 3. The number of nitriles is 1. The number of carbonyl (C=O) groups excluding carboxylic acids is 1. The van der Waals surface area contributed by atoms with Crippen molar-refractivity contribution in [2.45, 2.75) is 25.2 Å². The molecular formula is C21H17BrN4O4S. The number of nitro benzene ring substituents is 1. The number of thiophene rings is 1. The molecule has 2 heterocycles. The number of methoxy groups -OCH3 is 1. The topological polar surface area (TPSA) is 122 Å². The third-order valence-electron chi connectivity index (χ3n) is 5.41. The summed E-state index contributed by atoms with van der Waals surface area (Å²) in [5.41, 5.74) is 7.74. The molecule has 0 amide bonds. The Balaban J connectivity index is 2.00. The molecule has 1 aliphatic carbocycles. The van der Waals surface area contributed by atoms with E-state index in [1.807, 2.05) is 11.4 Å². The van der Waals surface area contributed by atoms with E-state index in [0.29, 0.717) is 36.3 Å². The normalized spacial score (nSPS) is 18.7. The van der Waals surface area contributed by atoms with Gasteiger partial charge in [-0.05, 0) is 47.0 Å². The molecule has 1 aromatic heterocycles. The van der Waals surface area contributed by atoms with Gasteiger partial charge < -0.3 is 10.5 Å². The maximum Gasteiger partial charge on any atom is 0.296 e. The zero-order valence-corrected chi connectivity index (χ0v) is 18.8. The number of ether oxygens (including phenoxy) is 1. The summed E-state index contributed by atoms with van der Waals surface area (Å²) in [7, 11) is 1.42. The Morgan fingerprint density at radius 1 is 1.39 bits per heavy atom. The molecule has 0 saturated carbocycles. The maximum atomic E-state index is 13.1. The highest BCUT2D eigenvalue weighted by Gasteiger charge is 2.42. The Morgan fingerprint density at radius 3 is 2.77 bits per heavy atom. The van der Waals surface area contributed by atoms with Crippen molar-refractivity contribution >= 4 is 44.4 Å². The van der Waals surface area contributed by atoms with Crippen LogP contribution in [0.25, 0.3) is 0 Å². The van der Waals surface area contributed by atoms with Crippen LogP contribution in [-0.4, -0.2) is 17.8 Å². The lowest BCUT2D eigenvalue weighted by Gasteiger charge is -2.39. The monoisotopic (exact) mass is 500 g/mol. The highest BCUT2D eigenvalue weighted by molar-refractivity contribution is 9.10. The van der Waals surface area contributed by atoms with Crippen LogP contribution >= 0.6 is 27.3 Å². The standard InChI is InChI=1S/C21H17BrN4O4S/c1-30-12-5-6-14(16(8-12)26(28)29)25-15-3-2-4-17(27)20(15)19(13(9-23)21(25)24)18-7-11(22)10-31-18/h5-8,10,19H,2-4,24H2,1H3. The number of nitrogens with zero attached hydrogens (tertiary/aromatic N) is 3. The number of Topliss-reactive ketones (excluding diaryl/α,β-unsaturated/α-hetero) is 1. The molecule has 1 aliphatic heterocycles. The minimum Gasteiger partial charge on any atom is -0.496 e. The van der Waals surface area contributed by atoms with Crippen LogP contribution in [0.5, 0.6) is 5.75 Å². The van der Waals surface area contributed by atoms with Gasteiger partial charge >= 0.3 is 0 Å². The van der Waals surface area contributed by atoms with Crippen LogP contribution in [-0.2, 0) is 4.79 Å². The highest BCUT2D eigenvalue weighted by atomic mass is 79.9. The van der Waals surface area contributed by atoms with E-state index >= 15 is 0 Å². The number of carbonyl (C=O) groups is 1. The lowest BCUT2D eigenvalue weighted by Crippen LogP contribution is -2.38. The van der Waals surface area contributed by atoms with Crippen molar-refractivity contribution in [1.82, 2.24) is 0 Å². The molecule has 158 valence electrons. The van der Waals surface area contributed by atoms with Crippen molar-refractivity contribution in [2.75, 3.05) is 12.0 Å². The van der Waals surface area contributed by atoms with Gasteiger partial charge in [0.1, 0.15) is 17.3 Å². The molecule has 2 aliphatic rings. The molecule has 0 spiro atoms. The fourth-order valence-electron chi connectivity index (χ4n) is 4.09. The van der Waals surface area contributed by atoms with E-state index in [1.165, 1.54) is 35.5 Å². The van der Waals surface area contributed by atoms with Gasteiger partial charge in [0.2, 0.25) is 0 Å². The summed E-state index contributed by atoms with van der Waals surface area (Å²) in [6.45, 7) is 0. The first kappa shape index (κ1) is 21.1. The molecule has 1 atom stereocenters. The maximum absolute atomic E-state index is 13.1. The van der Waals surface area contributed by atoms with Gasteiger partial charge in [0.25, 0.3) is 5.69 Å². The van der Waals surface area contributed by atoms with Gasteiger partial charge in [-0.1, -0.05) is 0 Å². The molecular weight excluding hydrogens is 484 g/mol. The second-order valence-electron chi connectivity index (χ2n) is 7.10. The number of hydrogen-bond acceptors (Lipinski definition) is 8. The Morgan fingerprint density at radius 2 is 2.16 bits per heavy atom. The smallest absolute Gasteiger partial charge is 0.296 e. The summed E-state index contributed by atoms with van der Waals surface area (Å²) in [6, 6.07) is 8.46. The van der Waals surface area contributed by atoms with Gasteiger partial charge in [-0.2, -0.15) is 5.26 Å². The molecule has 10 heteroatoms. The van der Waals surface area contributed by atoms with Crippen LogP contribution in [0.15, 0.2) is 56.8 Å². The van der Waals surface area contributed by atoms with Gasteiger partial charge in [0, 0.05) is 32.4 Å². The molecule has 0 saturated heterocycles. The van der Waals surface area contributed by atoms with Crippen LogP contribution in [0.2, 0.25) is 0 Å². The van der Waals surface area contributed by atoms with Crippen LogP contribution in [0.3, 0.4) is 0 Å². The van der Waals surface area contributed by atoms with Crippen molar-refractivity contribution in [1.29, 1.82) is 5.26 Å². The summed E-state index contributed by atoms with van der Waals surface area (Å²) >= 11 is 4.86. The van der Waals surface area contributed by atoms with Crippen LogP contribution < -0.4 is 15.4 Å². The Kier molecular flexibility index (Phi) is 5.56. The van der Waals surface area contributed by atoms with E-state index in [9.17, 15) is 20.2 Å². The molecule has 1 unspecified atom stereocenters. The number of nitro groups is 1. The van der Waals surface area contributed by atoms with Crippen LogP contribution in [0.4, 0.5) is 11.4 Å². The molecule has 1 aromatic carbocycles. The summed E-state index contributed by atoms with van der Waals surface area (Å²) < 4.78 is 5.98. The number of benzene rings is 1. The molecule has 2 N–H and O–H groups in total. The molecule has 0 bridgehead atoms. The molecule has 8 nitrogen and oxygen atoms in total. The van der Waals surface area contributed by atoms with E-state index in [4.69, 9.17) is 10.5 Å². The fraction of sp³-hybridized carbons (Fsp3) is 0.238. The number of halogens is 1. The third kappa shape index (κ3) is 3.49. The lowest BCUT2D eigenvalue weighted by molar-refractivity contribution is -0.384. The molecule has 2 aromatic rings. The quantitative estimate of drug-likeness (QED) is 0.475. The number of nitrogens with two attached hydrogens (primary N) is 1. The first-order valence-corrected chi connectivity index (χ1v) is 11.1. The molecule has 0 fully saturated rings. The third-order valence-corrected chi connectivity index (χ3v) is 7.16. The second kappa shape index (κ2) is 8.17. The fourth-order valence-corrected chi connectivity index (χ4v) is 5.65. The van der Waals surface area contributed by atoms with Crippen LogP contribution in [0.1, 0.15) is 30.1 Å². The second-order valence-corrected chi connectivity index (χ2v) is 8.95. The number of rotatable bonds is 4. The molecule has 31 heavy (non-hydrogen) atoms. The Hall–Kier alpha value is -3.16. The molecule has 4 rings (SSSR count). The summed E-state index contributed by atoms with van der Waals surface area (Å²) in [6.07, 6.45) is 1.49. The van der Waals surface area contributed by atoms with Crippen LogP contribution in [0, 0.1) is 21.4 Å². The van der Waals surface area contributed by atoms with Crippen molar-refractivity contribution in [3.05, 3.63) is 71.8 Å². The van der Waals surface area contributed by atoms with E-state index in [0.717, 1.165) is 9.35 Å². The number of hydrogen-bond donors (Lipinski definition) is 1. The Bertz CT molecular complexity index is 1210. The van der Waals surface area contributed by atoms with Gasteiger partial charge in [0.05, 0.1) is 35.7 Å². The van der Waals surface area contributed by atoms with E-state index in [1.54, 1.807) is 6.07 Å². The summed E-state index contributed by atoms with van der Waals surface area (Å²) in [5.74, 6) is -0.237. The van der Waals surface area contributed by atoms with E-state index in [-0.39, 0.29) is 28.6 Å². The summed E-state index contributed by atoms with van der Waals surface area (Å²) in [4.78, 5) is 26.7. The minimum atomic E-state index is -0.586. The first-order chi connectivity index (χ1) is 14.9. The SMILES string of the molecule is COc1ccc(N2C(N)=C(C#N)C(c3cc(Br)cs3)C3=C2CCCC3=O)c([N+](=O)[O-])c1. The largest absolute Gasteiger partial charge is 0.496 e. The van der Waals surface area contributed by atoms with E-state index < -0.39 is 10.8 Å². The van der Waals surface area contributed by atoms with Gasteiger partial charge in [-0.25, -0.2) is 0 Å². The van der Waals surface area contributed by atoms with Crippen molar-refractivity contribution in [3.8, 4) is 11.8 Å². The summed E-state index contributed by atoms with van der Waals surface area (Å²) in [5, 5.41) is 23.7. The lowest BCUT2D eigenvalue weighted by atomic mass is 9.78. The minimum absolute atomic E-state index is 0.0720. The zero-order valence-electron chi connectivity index (χ0n) is 16.4. The predicted molar refractivity (Wildman–Crippen MR) is 120 cm³/mol. The molecule has 0 radical (unpaired) electrons. The van der Waals surface area contributed by atoms with E-state index in [2.05, 4.69) is 22.0 Å². The van der Waals surface area contributed by atoms with Gasteiger partial charge in [0.15, 0.2) is 5.78 Å². The van der Waals surface area contributed by atoms with Crippen molar-refractivity contribution in [2.24, 2.45) is 5.73 Å². The van der Waals surface area contributed by atoms with Crippen molar-refractivity contribution < 1.29 is 14.5 Å². The predicted octanol–water partition coefficient (Wildman–Crippen LogP) is 4.73. The Labute approximate surface area is 190 Å². The number of ketones is 1. The van der Waals surface area contributed by atoms with Gasteiger partial charge in [-0.15, -0.1) is 11.3 Å². The number of anilines is 1. The van der Waals surface area contributed by atoms with Crippen molar-refractivity contribution in [3.63, 3.8) is 0 Å². The first-order valence-electron chi connectivity index (χ1n) is 9.39. The highest BCUT2D eigenvalue weighted by Crippen LogP contribution is 2.49. The average molecular weight is 501 g/mol. The average Bonchev–Trinajstić information content (AvgIpc) is 3.18.